The van der Waals surface area contributed by atoms with Crippen LogP contribution in [0.5, 0.6) is 0 Å². The van der Waals surface area contributed by atoms with Crippen LogP contribution in [0.15, 0.2) is 42.6 Å². The molecule has 0 aliphatic carbocycles. The lowest BCUT2D eigenvalue weighted by Crippen LogP contribution is -2.26. The highest BCUT2D eigenvalue weighted by molar-refractivity contribution is 7.22. The van der Waals surface area contributed by atoms with Crippen LogP contribution in [0.2, 0.25) is 0 Å². The molecule has 0 bridgehead atoms. The van der Waals surface area contributed by atoms with Crippen molar-refractivity contribution < 1.29 is 0 Å². The lowest BCUT2D eigenvalue weighted by Gasteiger charge is -2.21. The monoisotopic (exact) mass is 283 g/mol. The summed E-state index contributed by atoms with van der Waals surface area (Å²) in [4.78, 5) is 9.17. The minimum atomic E-state index is -0.0157. The van der Waals surface area contributed by atoms with E-state index in [4.69, 9.17) is 4.98 Å². The molecule has 0 atom stereocenters. The summed E-state index contributed by atoms with van der Waals surface area (Å²) in [6.07, 6.45) is 1.81. The van der Waals surface area contributed by atoms with Crippen LogP contribution in [0.25, 0.3) is 20.8 Å². The molecule has 0 radical (unpaired) electrons. The van der Waals surface area contributed by atoms with Crippen molar-refractivity contribution in [3.63, 3.8) is 0 Å². The van der Waals surface area contributed by atoms with Gasteiger partial charge in [0.25, 0.3) is 0 Å². The molecule has 3 rings (SSSR count). The first-order valence-corrected chi connectivity index (χ1v) is 7.44. The van der Waals surface area contributed by atoms with E-state index in [1.807, 2.05) is 30.5 Å². The van der Waals surface area contributed by atoms with Gasteiger partial charge in [-0.3, -0.25) is 0 Å². The average Bonchev–Trinajstić information content (AvgIpc) is 2.83. The van der Waals surface area contributed by atoms with Gasteiger partial charge in [0.1, 0.15) is 10.8 Å². The van der Waals surface area contributed by atoms with Crippen LogP contribution < -0.4 is 5.32 Å². The van der Waals surface area contributed by atoms with E-state index in [0.717, 1.165) is 26.6 Å². The molecule has 2 aromatic heterocycles. The molecule has 0 saturated heterocycles. The summed E-state index contributed by atoms with van der Waals surface area (Å²) >= 11 is 1.68. The van der Waals surface area contributed by atoms with Crippen molar-refractivity contribution in [2.75, 3.05) is 5.32 Å². The van der Waals surface area contributed by atoms with Crippen LogP contribution in [0, 0.1) is 0 Å². The standard InChI is InChI=1S/C16H17N3S/c1-16(2,3)19-14-13-12(9-10-17-14)18-15(20-13)11-7-5-4-6-8-11/h4-10H,1-3H3,(H,17,19). The number of benzene rings is 1. The van der Waals surface area contributed by atoms with E-state index >= 15 is 0 Å². The van der Waals surface area contributed by atoms with Crippen molar-refractivity contribution in [3.05, 3.63) is 42.6 Å². The van der Waals surface area contributed by atoms with Gasteiger partial charge in [-0.2, -0.15) is 0 Å². The Balaban J connectivity index is 2.10. The SMILES string of the molecule is CC(C)(C)Nc1nccc2nc(-c3ccccc3)sc12. The smallest absolute Gasteiger partial charge is 0.146 e. The number of hydrogen-bond donors (Lipinski definition) is 1. The van der Waals surface area contributed by atoms with E-state index in [9.17, 15) is 0 Å². The zero-order valence-corrected chi connectivity index (χ0v) is 12.7. The van der Waals surface area contributed by atoms with E-state index in [-0.39, 0.29) is 5.54 Å². The predicted molar refractivity (Wildman–Crippen MR) is 86.2 cm³/mol. The summed E-state index contributed by atoms with van der Waals surface area (Å²) in [7, 11) is 0. The fourth-order valence-electron chi connectivity index (χ4n) is 2.00. The van der Waals surface area contributed by atoms with Crippen molar-refractivity contribution in [1.82, 2.24) is 9.97 Å². The molecule has 0 spiro atoms. The summed E-state index contributed by atoms with van der Waals surface area (Å²) in [5.74, 6) is 0.912. The maximum absolute atomic E-state index is 4.71. The first kappa shape index (κ1) is 13.1. The van der Waals surface area contributed by atoms with Crippen molar-refractivity contribution in [1.29, 1.82) is 0 Å². The van der Waals surface area contributed by atoms with E-state index in [1.54, 1.807) is 11.3 Å². The molecule has 1 aromatic carbocycles. The Morgan fingerprint density at radius 1 is 1.05 bits per heavy atom. The molecule has 20 heavy (non-hydrogen) atoms. The fourth-order valence-corrected chi connectivity index (χ4v) is 3.01. The third kappa shape index (κ3) is 2.65. The van der Waals surface area contributed by atoms with E-state index < -0.39 is 0 Å². The molecule has 2 heterocycles. The number of hydrogen-bond acceptors (Lipinski definition) is 4. The topological polar surface area (TPSA) is 37.8 Å². The fraction of sp³-hybridized carbons (Fsp3) is 0.250. The van der Waals surface area contributed by atoms with Crippen LogP contribution in [0.3, 0.4) is 0 Å². The van der Waals surface area contributed by atoms with Crippen molar-refractivity contribution in [2.45, 2.75) is 26.3 Å². The normalized spacial score (nSPS) is 11.8. The predicted octanol–water partition coefficient (Wildman–Crippen LogP) is 4.57. The number of nitrogens with one attached hydrogen (secondary N) is 1. The number of rotatable bonds is 2. The third-order valence-corrected chi connectivity index (χ3v) is 3.95. The van der Waals surface area contributed by atoms with Crippen LogP contribution in [0.1, 0.15) is 20.8 Å². The molecule has 0 fully saturated rings. The Labute approximate surface area is 122 Å². The molecule has 102 valence electrons. The highest BCUT2D eigenvalue weighted by atomic mass is 32.1. The Hall–Kier alpha value is -1.94. The third-order valence-electron chi connectivity index (χ3n) is 2.82. The molecule has 3 nitrogen and oxygen atoms in total. The van der Waals surface area contributed by atoms with Crippen molar-refractivity contribution >= 4 is 27.4 Å². The zero-order chi connectivity index (χ0) is 14.2. The van der Waals surface area contributed by atoms with Gasteiger partial charge in [0.05, 0.1) is 10.2 Å². The number of aromatic nitrogens is 2. The molecule has 1 N–H and O–H groups in total. The average molecular weight is 283 g/mol. The van der Waals surface area contributed by atoms with Gasteiger partial charge in [0.15, 0.2) is 0 Å². The summed E-state index contributed by atoms with van der Waals surface area (Å²) in [6, 6.07) is 12.2. The molecular formula is C16H17N3S. The maximum Gasteiger partial charge on any atom is 0.146 e. The minimum absolute atomic E-state index is 0.0157. The Morgan fingerprint density at radius 2 is 1.80 bits per heavy atom. The van der Waals surface area contributed by atoms with Crippen LogP contribution in [-0.2, 0) is 0 Å². The molecule has 0 aliphatic heterocycles. The first-order valence-electron chi connectivity index (χ1n) is 6.62. The number of nitrogens with zero attached hydrogens (tertiary/aromatic N) is 2. The lowest BCUT2D eigenvalue weighted by atomic mass is 10.1. The Morgan fingerprint density at radius 3 is 2.50 bits per heavy atom. The molecule has 0 unspecified atom stereocenters. The Kier molecular flexibility index (Phi) is 3.18. The maximum atomic E-state index is 4.71. The largest absolute Gasteiger partial charge is 0.364 e. The molecular weight excluding hydrogens is 266 g/mol. The molecule has 0 aliphatic rings. The van der Waals surface area contributed by atoms with Crippen LogP contribution in [0.4, 0.5) is 5.82 Å². The second-order valence-corrected chi connectivity index (χ2v) is 6.77. The number of anilines is 1. The zero-order valence-electron chi connectivity index (χ0n) is 11.8. The van der Waals surface area contributed by atoms with Crippen LogP contribution >= 0.6 is 11.3 Å². The van der Waals surface area contributed by atoms with Gasteiger partial charge in [0, 0.05) is 17.3 Å². The number of pyridine rings is 1. The highest BCUT2D eigenvalue weighted by Crippen LogP contribution is 2.34. The lowest BCUT2D eigenvalue weighted by molar-refractivity contribution is 0.632. The first-order chi connectivity index (χ1) is 9.53. The molecule has 4 heteroatoms. The number of fused-ring (bicyclic) bond motifs is 1. The van der Waals surface area contributed by atoms with Crippen molar-refractivity contribution in [2.24, 2.45) is 0 Å². The van der Waals surface area contributed by atoms with E-state index in [1.165, 1.54) is 0 Å². The Bertz CT molecular complexity index is 726. The van der Waals surface area contributed by atoms with Gasteiger partial charge < -0.3 is 5.32 Å². The van der Waals surface area contributed by atoms with Gasteiger partial charge in [-0.05, 0) is 26.8 Å². The van der Waals surface area contributed by atoms with Gasteiger partial charge in [-0.25, -0.2) is 9.97 Å². The van der Waals surface area contributed by atoms with Gasteiger partial charge in [-0.15, -0.1) is 11.3 Å². The van der Waals surface area contributed by atoms with Crippen LogP contribution in [-0.4, -0.2) is 15.5 Å². The molecule has 0 amide bonds. The summed E-state index contributed by atoms with van der Waals surface area (Å²) in [5.41, 5.74) is 2.13. The van der Waals surface area contributed by atoms with Crippen molar-refractivity contribution in [3.8, 4) is 10.6 Å². The highest BCUT2D eigenvalue weighted by Gasteiger charge is 2.15. The molecule has 0 saturated carbocycles. The second-order valence-electron chi connectivity index (χ2n) is 5.77. The van der Waals surface area contributed by atoms with E-state index in [2.05, 4.69) is 43.2 Å². The van der Waals surface area contributed by atoms with E-state index in [0.29, 0.717) is 0 Å². The number of thiazole rings is 1. The van der Waals surface area contributed by atoms with Gasteiger partial charge >= 0.3 is 0 Å². The summed E-state index contributed by atoms with van der Waals surface area (Å²) < 4.78 is 1.11. The second kappa shape index (κ2) is 4.87. The summed E-state index contributed by atoms with van der Waals surface area (Å²) in [6.45, 7) is 6.39. The molecule has 3 aromatic rings. The minimum Gasteiger partial charge on any atom is -0.364 e. The van der Waals surface area contributed by atoms with Gasteiger partial charge in [-0.1, -0.05) is 30.3 Å². The summed E-state index contributed by atoms with van der Waals surface area (Å²) in [5, 5.41) is 4.48. The van der Waals surface area contributed by atoms with Gasteiger partial charge in [0.2, 0.25) is 0 Å². The quantitative estimate of drug-likeness (QED) is 0.748.